The number of halogens is 4. The maximum Gasteiger partial charge on any atom is 0.416 e. The highest BCUT2D eigenvalue weighted by molar-refractivity contribution is 9.10. The second-order valence-electron chi connectivity index (χ2n) is 6.24. The molecule has 2 aromatic carbocycles. The summed E-state index contributed by atoms with van der Waals surface area (Å²) >= 11 is 3.29. The summed E-state index contributed by atoms with van der Waals surface area (Å²) in [6.07, 6.45) is -4.41. The van der Waals surface area contributed by atoms with E-state index in [9.17, 15) is 21.6 Å². The topological polar surface area (TPSA) is 49.9 Å². The lowest BCUT2D eigenvalue weighted by molar-refractivity contribution is -0.137. The average molecular weight is 479 g/mol. The molecule has 1 aliphatic heterocycles. The van der Waals surface area contributed by atoms with E-state index in [2.05, 4.69) is 15.9 Å². The molecular weight excluding hydrogens is 461 g/mol. The van der Waals surface area contributed by atoms with Gasteiger partial charge in [-0.05, 0) is 46.3 Å². The summed E-state index contributed by atoms with van der Waals surface area (Å²) in [5, 5.41) is 0. The van der Waals surface area contributed by atoms with Gasteiger partial charge in [0.2, 0.25) is 10.0 Å². The molecule has 0 radical (unpaired) electrons. The van der Waals surface area contributed by atoms with Gasteiger partial charge in [-0.2, -0.15) is 17.5 Å². The molecule has 28 heavy (non-hydrogen) atoms. The summed E-state index contributed by atoms with van der Waals surface area (Å²) in [5.74, 6) is 0.406. The summed E-state index contributed by atoms with van der Waals surface area (Å²) in [4.78, 5) is 1.86. The Balaban J connectivity index is 1.75. The van der Waals surface area contributed by atoms with E-state index in [0.29, 0.717) is 29.0 Å². The molecule has 0 bridgehead atoms. The van der Waals surface area contributed by atoms with Gasteiger partial charge in [0.05, 0.1) is 22.0 Å². The minimum atomic E-state index is -4.41. The molecular formula is C18H18BrF3N2O3S. The van der Waals surface area contributed by atoms with Crippen molar-refractivity contribution in [3.05, 3.63) is 52.5 Å². The van der Waals surface area contributed by atoms with Crippen LogP contribution >= 0.6 is 15.9 Å². The summed E-state index contributed by atoms with van der Waals surface area (Å²) < 4.78 is 71.6. The van der Waals surface area contributed by atoms with Gasteiger partial charge >= 0.3 is 6.18 Å². The lowest BCUT2D eigenvalue weighted by Crippen LogP contribution is -2.48. The Bertz CT molecular complexity index is 959. The number of ether oxygens (including phenoxy) is 1. The molecule has 1 aliphatic rings. The fourth-order valence-corrected chi connectivity index (χ4v) is 4.86. The summed E-state index contributed by atoms with van der Waals surface area (Å²) in [6.45, 7) is 0.955. The van der Waals surface area contributed by atoms with Crippen LogP contribution in [0.2, 0.25) is 0 Å². The fraction of sp³-hybridized carbons (Fsp3) is 0.333. The van der Waals surface area contributed by atoms with Crippen molar-refractivity contribution < 1.29 is 26.3 Å². The number of alkyl halides is 3. The number of benzene rings is 2. The second kappa shape index (κ2) is 7.92. The number of sulfonamides is 1. The first kappa shape index (κ1) is 20.9. The molecule has 0 N–H and O–H groups in total. The molecule has 5 nitrogen and oxygen atoms in total. The number of piperazine rings is 1. The van der Waals surface area contributed by atoms with Crippen molar-refractivity contribution in [1.29, 1.82) is 0 Å². The summed E-state index contributed by atoms with van der Waals surface area (Å²) in [6, 6.07) is 9.59. The van der Waals surface area contributed by atoms with Crippen LogP contribution in [0.5, 0.6) is 5.75 Å². The third kappa shape index (κ3) is 4.28. The van der Waals surface area contributed by atoms with Gasteiger partial charge in [0.15, 0.2) is 0 Å². The standard InChI is InChI=1S/C18H18BrF3N2O3S/c1-27-17-12-15(5-6-16(17)19)28(25,26)24-9-7-23(8-10-24)14-4-2-3-13(11-14)18(20,21)22/h2-6,11-12H,7-10H2,1H3. The number of nitrogens with zero attached hydrogens (tertiary/aromatic N) is 2. The Kier molecular flexibility index (Phi) is 5.92. The van der Waals surface area contributed by atoms with Crippen molar-refractivity contribution in [2.45, 2.75) is 11.1 Å². The third-order valence-corrected chi connectivity index (χ3v) is 7.09. The Morgan fingerprint density at radius 2 is 1.71 bits per heavy atom. The van der Waals surface area contributed by atoms with E-state index in [1.54, 1.807) is 17.0 Å². The number of rotatable bonds is 4. The molecule has 10 heteroatoms. The minimum Gasteiger partial charge on any atom is -0.496 e. The fourth-order valence-electron chi connectivity index (χ4n) is 3.02. The van der Waals surface area contributed by atoms with E-state index in [4.69, 9.17) is 4.74 Å². The maximum absolute atomic E-state index is 12.9. The maximum atomic E-state index is 12.9. The van der Waals surface area contributed by atoms with Crippen LogP contribution in [-0.2, 0) is 16.2 Å². The predicted molar refractivity (Wildman–Crippen MR) is 103 cm³/mol. The summed E-state index contributed by atoms with van der Waals surface area (Å²) in [5.41, 5.74) is -0.292. The molecule has 0 amide bonds. The van der Waals surface area contributed by atoms with Gasteiger partial charge in [-0.3, -0.25) is 0 Å². The van der Waals surface area contributed by atoms with Crippen LogP contribution in [0.3, 0.4) is 0 Å². The van der Waals surface area contributed by atoms with E-state index < -0.39 is 21.8 Å². The van der Waals surface area contributed by atoms with E-state index >= 15 is 0 Å². The van der Waals surface area contributed by atoms with Crippen molar-refractivity contribution in [1.82, 2.24) is 4.31 Å². The quantitative estimate of drug-likeness (QED) is 0.666. The van der Waals surface area contributed by atoms with Gasteiger partial charge in [-0.25, -0.2) is 8.42 Å². The van der Waals surface area contributed by atoms with Crippen LogP contribution in [0.4, 0.5) is 18.9 Å². The SMILES string of the molecule is COc1cc(S(=O)(=O)N2CCN(c3cccc(C(F)(F)F)c3)CC2)ccc1Br. The van der Waals surface area contributed by atoms with Crippen LogP contribution in [0, 0.1) is 0 Å². The molecule has 152 valence electrons. The summed E-state index contributed by atoms with van der Waals surface area (Å²) in [7, 11) is -2.27. The number of anilines is 1. The van der Waals surface area contributed by atoms with Crippen molar-refractivity contribution in [2.75, 3.05) is 38.2 Å². The van der Waals surface area contributed by atoms with Gasteiger partial charge in [0.25, 0.3) is 0 Å². The van der Waals surface area contributed by atoms with Gasteiger partial charge in [0, 0.05) is 37.9 Å². The molecule has 0 spiro atoms. The van der Waals surface area contributed by atoms with Gasteiger partial charge < -0.3 is 9.64 Å². The first-order valence-electron chi connectivity index (χ1n) is 8.39. The Labute approximate surface area is 169 Å². The smallest absolute Gasteiger partial charge is 0.416 e. The highest BCUT2D eigenvalue weighted by atomic mass is 79.9. The number of hydrogen-bond acceptors (Lipinski definition) is 4. The predicted octanol–water partition coefficient (Wildman–Crippen LogP) is 3.99. The second-order valence-corrected chi connectivity index (χ2v) is 9.03. The van der Waals surface area contributed by atoms with E-state index in [0.717, 1.165) is 12.1 Å². The average Bonchev–Trinajstić information content (AvgIpc) is 2.68. The zero-order chi connectivity index (χ0) is 20.5. The Morgan fingerprint density at radius 1 is 1.04 bits per heavy atom. The molecule has 1 fully saturated rings. The van der Waals surface area contributed by atoms with Crippen molar-refractivity contribution in [3.8, 4) is 5.75 Å². The number of hydrogen-bond donors (Lipinski definition) is 0. The zero-order valence-electron chi connectivity index (χ0n) is 14.9. The minimum absolute atomic E-state index is 0.111. The molecule has 3 rings (SSSR count). The van der Waals surface area contributed by atoms with Crippen molar-refractivity contribution in [2.24, 2.45) is 0 Å². The van der Waals surface area contributed by atoms with Gasteiger partial charge in [-0.1, -0.05) is 6.07 Å². The molecule has 1 saturated heterocycles. The monoisotopic (exact) mass is 478 g/mol. The lowest BCUT2D eigenvalue weighted by Gasteiger charge is -2.35. The molecule has 0 aromatic heterocycles. The molecule has 2 aromatic rings. The highest BCUT2D eigenvalue weighted by Gasteiger charge is 2.32. The molecule has 0 unspecified atom stereocenters. The van der Waals surface area contributed by atoms with E-state index in [1.807, 2.05) is 0 Å². The third-order valence-electron chi connectivity index (χ3n) is 4.54. The molecule has 0 atom stereocenters. The first-order valence-corrected chi connectivity index (χ1v) is 10.6. The van der Waals surface area contributed by atoms with Crippen LogP contribution < -0.4 is 9.64 Å². The number of methoxy groups -OCH3 is 1. The largest absolute Gasteiger partial charge is 0.496 e. The Hall–Kier alpha value is -1.78. The van der Waals surface area contributed by atoms with Crippen LogP contribution in [0.25, 0.3) is 0 Å². The van der Waals surface area contributed by atoms with Crippen LogP contribution in [0.1, 0.15) is 5.56 Å². The normalized spacial score (nSPS) is 16.2. The lowest BCUT2D eigenvalue weighted by atomic mass is 10.1. The van der Waals surface area contributed by atoms with Crippen LogP contribution in [0.15, 0.2) is 51.8 Å². The molecule has 1 heterocycles. The van der Waals surface area contributed by atoms with Crippen molar-refractivity contribution in [3.63, 3.8) is 0 Å². The van der Waals surface area contributed by atoms with E-state index in [1.165, 1.54) is 29.6 Å². The van der Waals surface area contributed by atoms with Crippen molar-refractivity contribution >= 4 is 31.6 Å². The zero-order valence-corrected chi connectivity index (χ0v) is 17.3. The van der Waals surface area contributed by atoms with Gasteiger partial charge in [0.1, 0.15) is 5.75 Å². The Morgan fingerprint density at radius 3 is 2.32 bits per heavy atom. The molecule has 0 saturated carbocycles. The first-order chi connectivity index (χ1) is 13.1. The van der Waals surface area contributed by atoms with E-state index in [-0.39, 0.29) is 18.0 Å². The molecule has 0 aliphatic carbocycles. The van der Waals surface area contributed by atoms with Gasteiger partial charge in [-0.15, -0.1) is 0 Å². The highest BCUT2D eigenvalue weighted by Crippen LogP contribution is 2.33. The van der Waals surface area contributed by atoms with Crippen LogP contribution in [-0.4, -0.2) is 46.0 Å².